The fourth-order valence-electron chi connectivity index (χ4n) is 3.48. The molecule has 2 aromatic carbocycles. The molecule has 2 N–H and O–H groups in total. The minimum absolute atomic E-state index is 0.110. The number of rotatable bonds is 7. The van der Waals surface area contributed by atoms with Crippen LogP contribution in [0.3, 0.4) is 0 Å². The second kappa shape index (κ2) is 10.8. The average Bonchev–Trinajstić information content (AvgIpc) is 2.82. The maximum Gasteiger partial charge on any atom is 0.309 e. The first-order valence-corrected chi connectivity index (χ1v) is 12.1. The molecule has 1 atom stereocenters. The second-order valence-corrected chi connectivity index (χ2v) is 9.70. The van der Waals surface area contributed by atoms with Crippen LogP contribution in [0.25, 0.3) is 0 Å². The molecule has 0 saturated carbocycles. The van der Waals surface area contributed by atoms with Gasteiger partial charge in [0, 0.05) is 13.1 Å². The molecule has 2 amide bonds. The van der Waals surface area contributed by atoms with Gasteiger partial charge in [0.25, 0.3) is 0 Å². The Hall–Kier alpha value is -2.95. The minimum Gasteiger partial charge on any atom is -0.496 e. The van der Waals surface area contributed by atoms with Gasteiger partial charge < -0.3 is 20.1 Å². The number of ether oxygens (including phenoxy) is 2. The van der Waals surface area contributed by atoms with Crippen LogP contribution < -0.4 is 15.4 Å². The Morgan fingerprint density at radius 1 is 1.09 bits per heavy atom. The molecule has 1 fully saturated rings. The van der Waals surface area contributed by atoms with Crippen LogP contribution >= 0.6 is 0 Å². The molecule has 33 heavy (non-hydrogen) atoms. The lowest BCUT2D eigenvalue weighted by molar-refractivity contribution is -0.140. The molecular formula is C23H29N3O6S. The Bertz CT molecular complexity index is 1100. The van der Waals surface area contributed by atoms with Gasteiger partial charge in [-0.2, -0.15) is 4.31 Å². The van der Waals surface area contributed by atoms with E-state index in [0.717, 1.165) is 11.1 Å². The van der Waals surface area contributed by atoms with E-state index in [9.17, 15) is 18.0 Å². The van der Waals surface area contributed by atoms with Gasteiger partial charge in [-0.1, -0.05) is 29.8 Å². The molecule has 2 aromatic rings. The van der Waals surface area contributed by atoms with Crippen molar-refractivity contribution in [3.8, 4) is 5.75 Å². The maximum absolute atomic E-state index is 13.2. The number of nitrogens with zero attached hydrogens (tertiary/aromatic N) is 1. The predicted molar refractivity (Wildman–Crippen MR) is 122 cm³/mol. The maximum atomic E-state index is 13.2. The summed E-state index contributed by atoms with van der Waals surface area (Å²) in [5.74, 6) is -1.06. The Morgan fingerprint density at radius 3 is 2.45 bits per heavy atom. The smallest absolute Gasteiger partial charge is 0.309 e. The van der Waals surface area contributed by atoms with Crippen LogP contribution in [0.15, 0.2) is 47.4 Å². The number of sulfonamides is 1. The van der Waals surface area contributed by atoms with Crippen molar-refractivity contribution in [2.24, 2.45) is 0 Å². The number of benzene rings is 2. The minimum atomic E-state index is -3.88. The molecule has 0 spiro atoms. The van der Waals surface area contributed by atoms with E-state index in [1.54, 1.807) is 13.0 Å². The predicted octanol–water partition coefficient (Wildman–Crippen LogP) is 1.48. The fraction of sp³-hybridized carbons (Fsp3) is 0.391. The second-order valence-electron chi connectivity index (χ2n) is 7.80. The number of nitrogens with one attached hydrogen (secondary N) is 2. The van der Waals surface area contributed by atoms with E-state index < -0.39 is 28.1 Å². The van der Waals surface area contributed by atoms with Crippen LogP contribution in [0.2, 0.25) is 0 Å². The number of hydrogen-bond acceptors (Lipinski definition) is 6. The van der Waals surface area contributed by atoms with Crippen LogP contribution in [-0.2, 0) is 30.9 Å². The molecule has 0 aliphatic carbocycles. The standard InChI is InChI=1S/C23H29N3O6S/c1-16-5-7-18(8-6-16)14-24-22(27)23(28)25-15-21-26(11-4-12-32-21)33(29,30)19-9-10-20(31-3)17(2)13-19/h5-10,13,21H,4,11-12,14-15H2,1-3H3,(H,24,27)(H,25,28)/t21-/m1/s1. The first-order chi connectivity index (χ1) is 15.7. The van der Waals surface area contributed by atoms with Gasteiger partial charge in [0.05, 0.1) is 25.2 Å². The summed E-state index contributed by atoms with van der Waals surface area (Å²) in [6, 6.07) is 12.2. The Kier molecular flexibility index (Phi) is 8.06. The Labute approximate surface area is 194 Å². The van der Waals surface area contributed by atoms with Gasteiger partial charge in [-0.25, -0.2) is 8.42 Å². The molecule has 178 valence electrons. The molecule has 1 aliphatic rings. The highest BCUT2D eigenvalue weighted by Gasteiger charge is 2.35. The number of hydrogen-bond donors (Lipinski definition) is 2. The van der Waals surface area contributed by atoms with Crippen molar-refractivity contribution in [1.29, 1.82) is 0 Å². The number of amides is 2. The summed E-state index contributed by atoms with van der Waals surface area (Å²) in [7, 11) is -2.36. The number of methoxy groups -OCH3 is 1. The Morgan fingerprint density at radius 2 is 1.79 bits per heavy atom. The van der Waals surface area contributed by atoms with E-state index in [1.807, 2.05) is 31.2 Å². The summed E-state index contributed by atoms with van der Waals surface area (Å²) in [5, 5.41) is 5.03. The van der Waals surface area contributed by atoms with Crippen LogP contribution in [0.1, 0.15) is 23.1 Å². The van der Waals surface area contributed by atoms with Crippen molar-refractivity contribution in [3.05, 3.63) is 59.2 Å². The normalized spacial score (nSPS) is 16.8. The van der Waals surface area contributed by atoms with Gasteiger partial charge in [0.2, 0.25) is 10.0 Å². The van der Waals surface area contributed by atoms with E-state index in [-0.39, 0.29) is 24.5 Å². The topological polar surface area (TPSA) is 114 Å². The Balaban J connectivity index is 1.61. The number of carbonyl (C=O) groups excluding carboxylic acids is 2. The summed E-state index contributed by atoms with van der Waals surface area (Å²) < 4.78 is 38.5. The SMILES string of the molecule is COc1ccc(S(=O)(=O)N2CCCO[C@@H]2CNC(=O)C(=O)NCc2ccc(C)cc2)cc1C. The van der Waals surface area contributed by atoms with Crippen molar-refractivity contribution in [1.82, 2.24) is 14.9 Å². The monoisotopic (exact) mass is 475 g/mol. The molecule has 9 nitrogen and oxygen atoms in total. The lowest BCUT2D eigenvalue weighted by Crippen LogP contribution is -2.53. The lowest BCUT2D eigenvalue weighted by Gasteiger charge is -2.34. The lowest BCUT2D eigenvalue weighted by atomic mass is 10.1. The molecular weight excluding hydrogens is 446 g/mol. The summed E-state index contributed by atoms with van der Waals surface area (Å²) in [6.07, 6.45) is -0.393. The van der Waals surface area contributed by atoms with Crippen LogP contribution in [0, 0.1) is 13.8 Å². The molecule has 1 heterocycles. The fourth-order valence-corrected chi connectivity index (χ4v) is 5.13. The van der Waals surface area contributed by atoms with Gasteiger partial charge >= 0.3 is 11.8 Å². The van der Waals surface area contributed by atoms with Gasteiger partial charge in [0.15, 0.2) is 0 Å². The van der Waals surface area contributed by atoms with E-state index in [1.165, 1.54) is 23.5 Å². The van der Waals surface area contributed by atoms with Crippen molar-refractivity contribution >= 4 is 21.8 Å². The van der Waals surface area contributed by atoms with Gasteiger partial charge in [0.1, 0.15) is 12.0 Å². The molecule has 3 rings (SSSR count). The summed E-state index contributed by atoms with van der Waals surface area (Å²) in [6.45, 7) is 4.39. The highest BCUT2D eigenvalue weighted by molar-refractivity contribution is 7.89. The number of aryl methyl sites for hydroxylation is 2. The van der Waals surface area contributed by atoms with E-state index in [2.05, 4.69) is 10.6 Å². The van der Waals surface area contributed by atoms with Crippen LogP contribution in [0.5, 0.6) is 5.75 Å². The van der Waals surface area contributed by atoms with Crippen LogP contribution in [-0.4, -0.2) is 57.6 Å². The third kappa shape index (κ3) is 6.10. The molecule has 1 aliphatic heterocycles. The third-order valence-corrected chi connectivity index (χ3v) is 7.23. The molecule has 0 bridgehead atoms. The zero-order valence-electron chi connectivity index (χ0n) is 19.0. The average molecular weight is 476 g/mol. The quantitative estimate of drug-likeness (QED) is 0.587. The van der Waals surface area contributed by atoms with Gasteiger partial charge in [-0.05, 0) is 49.6 Å². The van der Waals surface area contributed by atoms with Crippen molar-refractivity contribution in [2.45, 2.75) is 37.9 Å². The molecule has 0 radical (unpaired) electrons. The van der Waals surface area contributed by atoms with Crippen molar-refractivity contribution in [3.63, 3.8) is 0 Å². The zero-order valence-corrected chi connectivity index (χ0v) is 19.8. The zero-order chi connectivity index (χ0) is 24.0. The van der Waals surface area contributed by atoms with Crippen LogP contribution in [0.4, 0.5) is 0 Å². The number of carbonyl (C=O) groups is 2. The molecule has 0 unspecified atom stereocenters. The third-order valence-electron chi connectivity index (χ3n) is 5.34. The first-order valence-electron chi connectivity index (χ1n) is 10.6. The summed E-state index contributed by atoms with van der Waals surface area (Å²) in [4.78, 5) is 24.5. The molecule has 1 saturated heterocycles. The van der Waals surface area contributed by atoms with E-state index in [4.69, 9.17) is 9.47 Å². The highest BCUT2D eigenvalue weighted by atomic mass is 32.2. The molecule has 10 heteroatoms. The largest absolute Gasteiger partial charge is 0.496 e. The highest BCUT2D eigenvalue weighted by Crippen LogP contribution is 2.26. The summed E-state index contributed by atoms with van der Waals surface area (Å²) >= 11 is 0. The van der Waals surface area contributed by atoms with Crippen molar-refractivity contribution in [2.75, 3.05) is 26.8 Å². The van der Waals surface area contributed by atoms with Gasteiger partial charge in [-0.3, -0.25) is 9.59 Å². The first kappa shape index (κ1) is 24.7. The van der Waals surface area contributed by atoms with Gasteiger partial charge in [-0.15, -0.1) is 0 Å². The van der Waals surface area contributed by atoms with E-state index >= 15 is 0 Å². The van der Waals surface area contributed by atoms with Crippen molar-refractivity contribution < 1.29 is 27.5 Å². The molecule has 0 aromatic heterocycles. The summed E-state index contributed by atoms with van der Waals surface area (Å²) in [5.41, 5.74) is 2.65. The van der Waals surface area contributed by atoms with E-state index in [0.29, 0.717) is 24.3 Å².